The summed E-state index contributed by atoms with van der Waals surface area (Å²) < 4.78 is 9.77. The van der Waals surface area contributed by atoms with E-state index in [0.717, 1.165) is 24.2 Å². The summed E-state index contributed by atoms with van der Waals surface area (Å²) >= 11 is 0. The van der Waals surface area contributed by atoms with Crippen LogP contribution in [-0.2, 0) is 6.42 Å². The van der Waals surface area contributed by atoms with Gasteiger partial charge in [-0.1, -0.05) is 127 Å². The highest BCUT2D eigenvalue weighted by atomic mass is 31.0. The van der Waals surface area contributed by atoms with E-state index in [1.807, 2.05) is 0 Å². The van der Waals surface area contributed by atoms with Gasteiger partial charge < -0.3 is 18.3 Å². The first-order valence-corrected chi connectivity index (χ1v) is 22.3. The van der Waals surface area contributed by atoms with E-state index >= 15 is 0 Å². The van der Waals surface area contributed by atoms with E-state index in [1.165, 1.54) is 110 Å². The van der Waals surface area contributed by atoms with Crippen LogP contribution in [0.15, 0.2) is 212 Å². The van der Waals surface area contributed by atoms with Crippen molar-refractivity contribution in [1.29, 1.82) is 0 Å². The first kappa shape index (κ1) is 37.6. The number of hydrogen-bond donors (Lipinski definition) is 0. The lowest BCUT2D eigenvalue weighted by Crippen LogP contribution is -2.04. The predicted molar refractivity (Wildman–Crippen MR) is 280 cm³/mol. The molecule has 0 N–H and O–H groups in total. The molecule has 308 valence electrons. The lowest BCUT2D eigenvalue weighted by molar-refractivity contribution is 0.888. The zero-order valence-electron chi connectivity index (χ0n) is 35.7. The molecule has 0 fully saturated rings. The first-order valence-electron chi connectivity index (χ1n) is 22.3. The van der Waals surface area contributed by atoms with Gasteiger partial charge in [-0.05, 0) is 115 Å². The van der Waals surface area contributed by atoms with E-state index in [2.05, 4.69) is 237 Å². The van der Waals surface area contributed by atoms with Gasteiger partial charge in [0.15, 0.2) is 0 Å². The molecule has 1 atom stereocenters. The number of fused-ring (bicyclic) bond motifs is 12. The fraction of sp³-hybridized carbons (Fsp3) is 0.0333. The molecule has 0 bridgehead atoms. The normalized spacial score (nSPS) is 12.6. The third kappa shape index (κ3) is 5.54. The molecule has 0 spiro atoms. The van der Waals surface area contributed by atoms with Crippen molar-refractivity contribution in [2.24, 2.45) is 0 Å². The van der Waals surface area contributed by atoms with Crippen LogP contribution < -0.4 is 0 Å². The van der Waals surface area contributed by atoms with Crippen LogP contribution in [0.2, 0.25) is 0 Å². The van der Waals surface area contributed by atoms with Crippen molar-refractivity contribution < 1.29 is 0 Å². The van der Waals surface area contributed by atoms with E-state index < -0.39 is 0 Å². The third-order valence-corrected chi connectivity index (χ3v) is 13.8. The molecular weight excluding hydrogens is 808 g/mol. The maximum absolute atomic E-state index is 2.51. The topological polar surface area (TPSA) is 19.7 Å². The van der Waals surface area contributed by atoms with Gasteiger partial charge in [0, 0.05) is 71.7 Å². The smallest absolute Gasteiger partial charge is 0.0541 e. The lowest BCUT2D eigenvalue weighted by atomic mass is 9.98. The summed E-state index contributed by atoms with van der Waals surface area (Å²) in [5.41, 5.74) is 18.3. The number of rotatable bonds is 5. The van der Waals surface area contributed by atoms with Crippen LogP contribution in [0.1, 0.15) is 17.7 Å². The molecule has 0 saturated carbocycles. The molecule has 1 aliphatic rings. The van der Waals surface area contributed by atoms with Gasteiger partial charge in [0.05, 0.1) is 38.6 Å². The Morgan fingerprint density at radius 2 is 0.646 bits per heavy atom. The van der Waals surface area contributed by atoms with Crippen LogP contribution in [0.25, 0.3) is 116 Å². The van der Waals surface area contributed by atoms with Crippen molar-refractivity contribution in [1.82, 2.24) is 18.3 Å². The van der Waals surface area contributed by atoms with Crippen molar-refractivity contribution in [3.63, 3.8) is 0 Å². The van der Waals surface area contributed by atoms with Crippen LogP contribution in [0.4, 0.5) is 0 Å². The SMILES string of the molecule is C1=Cc2c(n(-c3cccc(-n4c5ccccc5c5ccccc54)c3)c3ccc(-c4ccc5c(c4)c4ccccc4n5-c4cccc(-n5c6ccccc6c6ccccc65)c4)cc23)CC1.P. The van der Waals surface area contributed by atoms with Crippen molar-refractivity contribution in [3.8, 4) is 33.9 Å². The Hall–Kier alpha value is -7.91. The van der Waals surface area contributed by atoms with Crippen LogP contribution >= 0.6 is 9.90 Å². The molecule has 0 saturated heterocycles. The molecule has 14 rings (SSSR count). The first-order chi connectivity index (χ1) is 31.8. The van der Waals surface area contributed by atoms with E-state index in [-0.39, 0.29) is 9.90 Å². The summed E-state index contributed by atoms with van der Waals surface area (Å²) in [6.07, 6.45) is 6.72. The van der Waals surface area contributed by atoms with Gasteiger partial charge in [0.2, 0.25) is 0 Å². The molecule has 1 aliphatic carbocycles. The Morgan fingerprint density at radius 1 is 0.292 bits per heavy atom. The quantitative estimate of drug-likeness (QED) is 0.154. The molecular formula is C60H43N4P. The monoisotopic (exact) mass is 850 g/mol. The second kappa shape index (κ2) is 14.6. The standard InChI is InChI=1S/C60H40N4.H3P/c1-7-25-53-45(19-1)46-20-2-8-26-54(46)61(53)41-15-13-17-43(37-41)63-57-29-11-5-23-49(57)51-35-39(31-33-59(51)63)40-32-34-60-52(36-40)50-24-6-12-30-58(50)64(60)44-18-14-16-42(38-44)62-55-27-9-3-21-47(55)48-22-4-10-28-56(48)62;/h1-11,13-29,31-38H,12,30H2;1H3. The van der Waals surface area contributed by atoms with Gasteiger partial charge in [0.1, 0.15) is 0 Å². The zero-order chi connectivity index (χ0) is 41.9. The van der Waals surface area contributed by atoms with Crippen molar-refractivity contribution in [2.75, 3.05) is 0 Å². The van der Waals surface area contributed by atoms with E-state index in [4.69, 9.17) is 0 Å². The highest BCUT2D eigenvalue weighted by Gasteiger charge is 2.22. The van der Waals surface area contributed by atoms with Crippen LogP contribution in [0, 0.1) is 0 Å². The molecule has 0 aliphatic heterocycles. The number of para-hydroxylation sites is 5. The fourth-order valence-electron chi connectivity index (χ4n) is 11.1. The van der Waals surface area contributed by atoms with Crippen molar-refractivity contribution in [2.45, 2.75) is 12.8 Å². The van der Waals surface area contributed by atoms with Gasteiger partial charge >= 0.3 is 0 Å². The van der Waals surface area contributed by atoms with E-state index in [9.17, 15) is 0 Å². The van der Waals surface area contributed by atoms with Crippen molar-refractivity contribution >= 4 is 92.3 Å². The Balaban J connectivity index is 0.00000423. The second-order valence-electron chi connectivity index (χ2n) is 17.2. The van der Waals surface area contributed by atoms with Gasteiger partial charge in [-0.2, -0.15) is 9.90 Å². The van der Waals surface area contributed by atoms with Crippen molar-refractivity contribution in [3.05, 3.63) is 224 Å². The van der Waals surface area contributed by atoms with Gasteiger partial charge in [0.25, 0.3) is 0 Å². The minimum Gasteiger partial charge on any atom is -0.313 e. The summed E-state index contributed by atoms with van der Waals surface area (Å²) in [7, 11) is 0. The molecule has 4 aromatic heterocycles. The summed E-state index contributed by atoms with van der Waals surface area (Å²) in [5, 5.41) is 8.87. The number of allylic oxidation sites excluding steroid dienone is 1. The Morgan fingerprint density at radius 3 is 1.09 bits per heavy atom. The molecule has 4 heterocycles. The van der Waals surface area contributed by atoms with Crippen LogP contribution in [0.5, 0.6) is 0 Å². The lowest BCUT2D eigenvalue weighted by Gasteiger charge is -2.15. The Labute approximate surface area is 379 Å². The summed E-state index contributed by atoms with van der Waals surface area (Å²) in [6, 6.07) is 76.0. The predicted octanol–water partition coefficient (Wildman–Crippen LogP) is 15.6. The molecule has 0 radical (unpaired) electrons. The summed E-state index contributed by atoms with van der Waals surface area (Å²) in [6.45, 7) is 0. The summed E-state index contributed by atoms with van der Waals surface area (Å²) in [4.78, 5) is 0. The number of aromatic nitrogens is 4. The maximum Gasteiger partial charge on any atom is 0.0541 e. The minimum absolute atomic E-state index is 0. The average molecular weight is 851 g/mol. The molecule has 0 amide bonds. The fourth-order valence-corrected chi connectivity index (χ4v) is 11.1. The number of benzene rings is 9. The van der Waals surface area contributed by atoms with Gasteiger partial charge in [-0.3, -0.25) is 0 Å². The Bertz CT molecular complexity index is 3990. The maximum atomic E-state index is 2.51. The Kier molecular flexibility index (Phi) is 8.43. The molecule has 5 heteroatoms. The second-order valence-corrected chi connectivity index (χ2v) is 17.2. The van der Waals surface area contributed by atoms with Gasteiger partial charge in [-0.15, -0.1) is 0 Å². The van der Waals surface area contributed by atoms with Crippen LogP contribution in [-0.4, -0.2) is 18.3 Å². The molecule has 13 aromatic rings. The summed E-state index contributed by atoms with van der Waals surface area (Å²) in [5.74, 6) is 0. The molecule has 4 nitrogen and oxygen atoms in total. The highest BCUT2D eigenvalue weighted by molar-refractivity contribution is 6.92. The number of hydrogen-bond acceptors (Lipinski definition) is 0. The largest absolute Gasteiger partial charge is 0.313 e. The zero-order valence-corrected chi connectivity index (χ0v) is 37.1. The van der Waals surface area contributed by atoms with Gasteiger partial charge in [-0.25, -0.2) is 0 Å². The minimum atomic E-state index is 0. The molecule has 9 aromatic carbocycles. The average Bonchev–Trinajstić information content (AvgIpc) is 4.09. The van der Waals surface area contributed by atoms with E-state index in [0.29, 0.717) is 0 Å². The molecule has 65 heavy (non-hydrogen) atoms. The number of nitrogens with zero attached hydrogens (tertiary/aromatic N) is 4. The molecule has 1 unspecified atom stereocenters. The third-order valence-electron chi connectivity index (χ3n) is 13.8. The van der Waals surface area contributed by atoms with Crippen LogP contribution in [0.3, 0.4) is 0 Å². The highest BCUT2D eigenvalue weighted by Crippen LogP contribution is 2.41. The van der Waals surface area contributed by atoms with E-state index in [1.54, 1.807) is 0 Å².